The molecule has 2 atom stereocenters. The summed E-state index contributed by atoms with van der Waals surface area (Å²) in [5, 5.41) is 26.2. The number of aliphatic hydroxyl groups excluding tert-OH is 2. The second-order valence-electron chi connectivity index (χ2n) is 6.56. The Hall–Kier alpha value is -3.10. The summed E-state index contributed by atoms with van der Waals surface area (Å²) in [6, 6.07) is 12.0. The van der Waals surface area contributed by atoms with Crippen molar-refractivity contribution in [3.8, 4) is 0 Å². The maximum atomic E-state index is 13.8. The highest BCUT2D eigenvalue weighted by molar-refractivity contribution is 5.46. The van der Waals surface area contributed by atoms with Gasteiger partial charge in [0.2, 0.25) is 5.95 Å². The molecular weight excluding hydrogens is 378 g/mol. The molecule has 0 radical (unpaired) electrons. The first-order chi connectivity index (χ1) is 14.0. The Kier molecular flexibility index (Phi) is 6.69. The van der Waals surface area contributed by atoms with Gasteiger partial charge in [0.15, 0.2) is 0 Å². The number of anilines is 2. The molecule has 4 N–H and O–H groups in total. The number of nitrogens with zero attached hydrogens (tertiary/aromatic N) is 2. The van der Waals surface area contributed by atoms with Crippen LogP contribution in [0.15, 0.2) is 54.7 Å². The van der Waals surface area contributed by atoms with E-state index in [1.807, 2.05) is 0 Å². The van der Waals surface area contributed by atoms with Gasteiger partial charge in [-0.05, 0) is 19.1 Å². The van der Waals surface area contributed by atoms with Crippen molar-refractivity contribution in [2.24, 2.45) is 0 Å². The van der Waals surface area contributed by atoms with Crippen molar-refractivity contribution in [3.63, 3.8) is 0 Å². The summed E-state index contributed by atoms with van der Waals surface area (Å²) in [7, 11) is 0. The van der Waals surface area contributed by atoms with Crippen LogP contribution in [0.2, 0.25) is 0 Å². The fourth-order valence-electron chi connectivity index (χ4n) is 2.80. The van der Waals surface area contributed by atoms with Gasteiger partial charge in [0.1, 0.15) is 17.5 Å². The number of aliphatic hydroxyl groups is 2. The Morgan fingerprint density at radius 3 is 1.93 bits per heavy atom. The van der Waals surface area contributed by atoms with Crippen LogP contribution in [0.1, 0.15) is 28.9 Å². The molecule has 2 aromatic carbocycles. The van der Waals surface area contributed by atoms with Crippen molar-refractivity contribution in [3.05, 3.63) is 83.1 Å². The molecule has 0 aliphatic heterocycles. The highest BCUT2D eigenvalue weighted by atomic mass is 19.1. The molecule has 8 heteroatoms. The van der Waals surface area contributed by atoms with E-state index in [0.717, 1.165) is 5.56 Å². The van der Waals surface area contributed by atoms with Crippen molar-refractivity contribution < 1.29 is 19.0 Å². The van der Waals surface area contributed by atoms with Gasteiger partial charge >= 0.3 is 0 Å². The smallest absolute Gasteiger partial charge is 0.224 e. The van der Waals surface area contributed by atoms with Gasteiger partial charge in [-0.15, -0.1) is 0 Å². The number of hydrogen-bond donors (Lipinski definition) is 4. The SMILES string of the molecule is Cc1cnc(NCC(O)c2ccccc2F)nc1NCC(O)c1ccccc1F. The van der Waals surface area contributed by atoms with E-state index in [0.29, 0.717) is 5.82 Å². The van der Waals surface area contributed by atoms with Crippen molar-refractivity contribution >= 4 is 11.8 Å². The number of nitrogens with one attached hydrogen (secondary N) is 2. The Morgan fingerprint density at radius 2 is 1.38 bits per heavy atom. The van der Waals surface area contributed by atoms with Crippen LogP contribution in [0.4, 0.5) is 20.5 Å². The first-order valence-electron chi connectivity index (χ1n) is 9.12. The van der Waals surface area contributed by atoms with E-state index < -0.39 is 23.8 Å². The van der Waals surface area contributed by atoms with Crippen LogP contribution in [-0.2, 0) is 0 Å². The third kappa shape index (κ3) is 5.24. The normalized spacial score (nSPS) is 13.0. The van der Waals surface area contributed by atoms with Crippen LogP contribution in [0.5, 0.6) is 0 Å². The average molecular weight is 400 g/mol. The van der Waals surface area contributed by atoms with Gasteiger partial charge in [0.25, 0.3) is 0 Å². The minimum absolute atomic E-state index is 0.0152. The molecule has 0 bridgehead atoms. The van der Waals surface area contributed by atoms with E-state index in [1.54, 1.807) is 37.4 Å². The monoisotopic (exact) mass is 400 g/mol. The Morgan fingerprint density at radius 1 is 0.862 bits per heavy atom. The van der Waals surface area contributed by atoms with Gasteiger partial charge in [-0.3, -0.25) is 0 Å². The Labute approximate surface area is 167 Å². The van der Waals surface area contributed by atoms with E-state index in [2.05, 4.69) is 20.6 Å². The van der Waals surface area contributed by atoms with Crippen molar-refractivity contribution in [1.29, 1.82) is 0 Å². The summed E-state index contributed by atoms with van der Waals surface area (Å²) in [6.45, 7) is 1.85. The quantitative estimate of drug-likeness (QED) is 0.464. The van der Waals surface area contributed by atoms with Gasteiger partial charge in [-0.1, -0.05) is 36.4 Å². The molecule has 0 aliphatic carbocycles. The first-order valence-corrected chi connectivity index (χ1v) is 9.12. The maximum Gasteiger partial charge on any atom is 0.224 e. The predicted octanol–water partition coefficient (Wildman–Crippen LogP) is 3.35. The molecule has 6 nitrogen and oxygen atoms in total. The predicted molar refractivity (Wildman–Crippen MR) is 106 cm³/mol. The van der Waals surface area contributed by atoms with Gasteiger partial charge in [0.05, 0.1) is 12.2 Å². The highest BCUT2D eigenvalue weighted by Gasteiger charge is 2.15. The molecule has 0 saturated carbocycles. The summed E-state index contributed by atoms with van der Waals surface area (Å²) < 4.78 is 27.5. The maximum absolute atomic E-state index is 13.8. The lowest BCUT2D eigenvalue weighted by Crippen LogP contribution is -2.17. The van der Waals surface area contributed by atoms with Crippen LogP contribution >= 0.6 is 0 Å². The topological polar surface area (TPSA) is 90.3 Å². The van der Waals surface area contributed by atoms with E-state index in [4.69, 9.17) is 0 Å². The Bertz CT molecular complexity index is 971. The average Bonchev–Trinajstić information content (AvgIpc) is 2.72. The zero-order valence-corrected chi connectivity index (χ0v) is 15.8. The summed E-state index contributed by atoms with van der Waals surface area (Å²) in [5.74, 6) is -0.283. The molecule has 0 saturated heterocycles. The molecule has 0 aliphatic rings. The number of aromatic nitrogens is 2. The molecule has 2 unspecified atom stereocenters. The zero-order valence-electron chi connectivity index (χ0n) is 15.8. The van der Waals surface area contributed by atoms with Gasteiger partial charge < -0.3 is 20.8 Å². The molecule has 0 fully saturated rings. The molecule has 0 spiro atoms. The summed E-state index contributed by atoms with van der Waals surface area (Å²) in [5.41, 5.74) is 1.10. The number of benzene rings is 2. The minimum atomic E-state index is -1.07. The van der Waals surface area contributed by atoms with Crippen LogP contribution < -0.4 is 10.6 Å². The molecule has 29 heavy (non-hydrogen) atoms. The molecule has 3 aromatic rings. The van der Waals surface area contributed by atoms with Gasteiger partial charge in [0, 0.05) is 36.0 Å². The summed E-state index contributed by atoms with van der Waals surface area (Å²) in [6.07, 6.45) is -0.548. The third-order valence-corrected chi connectivity index (χ3v) is 4.42. The van der Waals surface area contributed by atoms with Crippen molar-refractivity contribution in [1.82, 2.24) is 9.97 Å². The molecule has 1 heterocycles. The number of hydrogen-bond acceptors (Lipinski definition) is 6. The molecule has 152 valence electrons. The summed E-state index contributed by atoms with van der Waals surface area (Å²) >= 11 is 0. The van der Waals surface area contributed by atoms with Crippen LogP contribution in [0.3, 0.4) is 0 Å². The van der Waals surface area contributed by atoms with Crippen LogP contribution in [0.25, 0.3) is 0 Å². The molecular formula is C21H22F2N4O2. The van der Waals surface area contributed by atoms with E-state index in [9.17, 15) is 19.0 Å². The van der Waals surface area contributed by atoms with Crippen molar-refractivity contribution in [2.75, 3.05) is 23.7 Å². The number of halogens is 2. The number of aryl methyl sites for hydroxylation is 1. The van der Waals surface area contributed by atoms with Gasteiger partial charge in [-0.25, -0.2) is 13.8 Å². The largest absolute Gasteiger partial charge is 0.386 e. The van der Waals surface area contributed by atoms with Gasteiger partial charge in [-0.2, -0.15) is 4.98 Å². The minimum Gasteiger partial charge on any atom is -0.386 e. The fraction of sp³-hybridized carbons (Fsp3) is 0.238. The van der Waals surface area contributed by atoms with Crippen LogP contribution in [0, 0.1) is 18.6 Å². The first kappa shape index (κ1) is 20.6. The number of rotatable bonds is 8. The van der Waals surface area contributed by atoms with E-state index >= 15 is 0 Å². The molecule has 0 amide bonds. The lowest BCUT2D eigenvalue weighted by Gasteiger charge is -2.16. The van der Waals surface area contributed by atoms with E-state index in [-0.39, 0.29) is 30.2 Å². The lowest BCUT2D eigenvalue weighted by atomic mass is 10.1. The third-order valence-electron chi connectivity index (χ3n) is 4.42. The molecule has 3 rings (SSSR count). The standard InChI is InChI=1S/C21H22F2N4O2/c1-13-10-25-21(26-12-19(29)15-7-3-5-9-17(15)23)27-20(13)24-11-18(28)14-6-2-4-8-16(14)22/h2-10,18-19,28-29H,11-12H2,1H3,(H2,24,25,26,27). The van der Waals surface area contributed by atoms with Crippen molar-refractivity contribution in [2.45, 2.75) is 19.1 Å². The zero-order chi connectivity index (χ0) is 20.8. The van der Waals surface area contributed by atoms with E-state index in [1.165, 1.54) is 24.3 Å². The second-order valence-corrected chi connectivity index (χ2v) is 6.56. The van der Waals surface area contributed by atoms with Crippen LogP contribution in [-0.4, -0.2) is 33.3 Å². The Balaban J connectivity index is 1.62. The molecule has 1 aromatic heterocycles. The lowest BCUT2D eigenvalue weighted by molar-refractivity contribution is 0.186. The fourth-order valence-corrected chi connectivity index (χ4v) is 2.80. The second kappa shape index (κ2) is 9.40. The summed E-state index contributed by atoms with van der Waals surface area (Å²) in [4.78, 5) is 8.44. The highest BCUT2D eigenvalue weighted by Crippen LogP contribution is 2.20.